The smallest absolute Gasteiger partial charge is 0.0693 e. The van der Waals surface area contributed by atoms with Crippen LogP contribution in [0, 0.1) is 5.92 Å². The lowest BCUT2D eigenvalue weighted by atomic mass is 9.95. The van der Waals surface area contributed by atoms with Crippen molar-refractivity contribution in [3.8, 4) is 0 Å². The zero-order chi connectivity index (χ0) is 12.4. The van der Waals surface area contributed by atoms with Crippen molar-refractivity contribution in [2.24, 2.45) is 5.92 Å². The van der Waals surface area contributed by atoms with Crippen LogP contribution in [0.5, 0.6) is 0 Å². The van der Waals surface area contributed by atoms with Crippen LogP contribution in [0.3, 0.4) is 0 Å². The highest BCUT2D eigenvalue weighted by atomic mass is 35.5. The van der Waals surface area contributed by atoms with Crippen molar-refractivity contribution in [2.45, 2.75) is 26.0 Å². The lowest BCUT2D eigenvalue weighted by Crippen LogP contribution is -2.42. The minimum Gasteiger partial charge on any atom is -0.398 e. The van der Waals surface area contributed by atoms with Crippen molar-refractivity contribution in [2.75, 3.05) is 18.8 Å². The van der Waals surface area contributed by atoms with E-state index in [4.69, 9.17) is 17.3 Å². The summed E-state index contributed by atoms with van der Waals surface area (Å²) in [7, 11) is 0. The molecular weight excluding hydrogens is 236 g/mol. The maximum atomic E-state index is 9.86. The number of benzene rings is 1. The molecule has 0 radical (unpaired) electrons. The second kappa shape index (κ2) is 5.25. The molecule has 1 aromatic carbocycles. The fourth-order valence-electron chi connectivity index (χ4n) is 2.22. The summed E-state index contributed by atoms with van der Waals surface area (Å²) in [6, 6.07) is 5.58. The van der Waals surface area contributed by atoms with Gasteiger partial charge in [-0.3, -0.25) is 4.90 Å². The number of aliphatic hydroxyl groups is 1. The molecule has 1 aliphatic rings. The van der Waals surface area contributed by atoms with Gasteiger partial charge in [-0.1, -0.05) is 24.6 Å². The fraction of sp³-hybridized carbons (Fsp3) is 0.538. The number of nitrogens with two attached hydrogens (primary N) is 1. The Morgan fingerprint density at radius 3 is 2.94 bits per heavy atom. The van der Waals surface area contributed by atoms with Gasteiger partial charge in [0.1, 0.15) is 0 Å². The van der Waals surface area contributed by atoms with Gasteiger partial charge in [-0.25, -0.2) is 0 Å². The normalized spacial score (nSPS) is 26.1. The number of β-amino-alcohol motifs (C(OH)–C–C–N with tert-alkyl or cyclic N) is 1. The third kappa shape index (κ3) is 2.92. The third-order valence-corrected chi connectivity index (χ3v) is 3.89. The number of rotatable bonds is 2. The van der Waals surface area contributed by atoms with E-state index >= 15 is 0 Å². The van der Waals surface area contributed by atoms with Crippen LogP contribution in [0.4, 0.5) is 5.69 Å². The predicted molar refractivity (Wildman–Crippen MR) is 70.9 cm³/mol. The summed E-state index contributed by atoms with van der Waals surface area (Å²) in [6.45, 7) is 4.50. The van der Waals surface area contributed by atoms with E-state index in [0.717, 1.165) is 30.8 Å². The molecule has 1 aliphatic heterocycles. The Kier molecular flexibility index (Phi) is 3.92. The van der Waals surface area contributed by atoms with Gasteiger partial charge in [0.15, 0.2) is 0 Å². The number of likely N-dealkylation sites (tertiary alicyclic amines) is 1. The molecule has 0 saturated carbocycles. The highest BCUT2D eigenvalue weighted by molar-refractivity contribution is 6.31. The highest BCUT2D eigenvalue weighted by Crippen LogP contribution is 2.26. The van der Waals surface area contributed by atoms with Crippen LogP contribution in [0.15, 0.2) is 18.2 Å². The maximum Gasteiger partial charge on any atom is 0.0693 e. The molecule has 2 rings (SSSR count). The molecule has 3 nitrogen and oxygen atoms in total. The highest BCUT2D eigenvalue weighted by Gasteiger charge is 2.24. The Morgan fingerprint density at radius 1 is 1.53 bits per heavy atom. The molecule has 0 spiro atoms. The Labute approximate surface area is 107 Å². The number of halogens is 1. The monoisotopic (exact) mass is 254 g/mol. The topological polar surface area (TPSA) is 49.5 Å². The van der Waals surface area contributed by atoms with Gasteiger partial charge in [-0.05, 0) is 31.0 Å². The Morgan fingerprint density at radius 2 is 2.29 bits per heavy atom. The van der Waals surface area contributed by atoms with E-state index in [9.17, 15) is 5.11 Å². The van der Waals surface area contributed by atoms with Crippen LogP contribution >= 0.6 is 11.6 Å². The number of piperidine rings is 1. The molecule has 1 heterocycles. The molecule has 4 heteroatoms. The van der Waals surface area contributed by atoms with E-state index in [-0.39, 0.29) is 6.10 Å². The number of hydrogen-bond donors (Lipinski definition) is 2. The van der Waals surface area contributed by atoms with Crippen LogP contribution in [0.1, 0.15) is 18.9 Å². The van der Waals surface area contributed by atoms with Gasteiger partial charge in [-0.15, -0.1) is 0 Å². The summed E-state index contributed by atoms with van der Waals surface area (Å²) in [6.07, 6.45) is 0.776. The van der Waals surface area contributed by atoms with Gasteiger partial charge in [0.2, 0.25) is 0 Å². The van der Waals surface area contributed by atoms with Crippen molar-refractivity contribution < 1.29 is 5.11 Å². The SMILES string of the molecule is CC1CCN(Cc2c(N)cccc2Cl)CC1O. The first-order valence-corrected chi connectivity index (χ1v) is 6.39. The molecule has 1 fully saturated rings. The van der Waals surface area contributed by atoms with Crippen molar-refractivity contribution in [1.29, 1.82) is 0 Å². The van der Waals surface area contributed by atoms with Crippen LogP contribution in [0.2, 0.25) is 5.02 Å². The van der Waals surface area contributed by atoms with Crippen LogP contribution < -0.4 is 5.73 Å². The van der Waals surface area contributed by atoms with E-state index < -0.39 is 0 Å². The number of hydrogen-bond acceptors (Lipinski definition) is 3. The van der Waals surface area contributed by atoms with Crippen molar-refractivity contribution in [3.05, 3.63) is 28.8 Å². The van der Waals surface area contributed by atoms with E-state index in [1.165, 1.54) is 0 Å². The summed E-state index contributed by atoms with van der Waals surface area (Å²) < 4.78 is 0. The zero-order valence-corrected chi connectivity index (χ0v) is 10.8. The van der Waals surface area contributed by atoms with Crippen LogP contribution in [-0.2, 0) is 6.54 Å². The number of nitrogen functional groups attached to an aromatic ring is 1. The molecule has 1 aromatic rings. The third-order valence-electron chi connectivity index (χ3n) is 3.54. The fourth-order valence-corrected chi connectivity index (χ4v) is 2.47. The summed E-state index contributed by atoms with van der Waals surface area (Å²) >= 11 is 6.14. The van der Waals surface area contributed by atoms with Gasteiger partial charge in [0.25, 0.3) is 0 Å². The second-order valence-electron chi connectivity index (χ2n) is 4.88. The van der Waals surface area contributed by atoms with Gasteiger partial charge >= 0.3 is 0 Å². The quantitative estimate of drug-likeness (QED) is 0.795. The van der Waals surface area contributed by atoms with Gasteiger partial charge in [0, 0.05) is 29.4 Å². The molecule has 3 N–H and O–H groups in total. The van der Waals surface area contributed by atoms with Gasteiger partial charge in [0.05, 0.1) is 6.10 Å². The largest absolute Gasteiger partial charge is 0.398 e. The standard InChI is InChI=1S/C13H19ClN2O/c1-9-5-6-16(8-13(9)17)7-10-11(14)3-2-4-12(10)15/h2-4,9,13,17H,5-8,15H2,1H3. The lowest BCUT2D eigenvalue weighted by Gasteiger charge is -2.34. The second-order valence-corrected chi connectivity index (χ2v) is 5.28. The molecule has 0 bridgehead atoms. The Bertz CT molecular complexity index is 377. The van der Waals surface area contributed by atoms with Crippen LogP contribution in [0.25, 0.3) is 0 Å². The van der Waals surface area contributed by atoms with Gasteiger partial charge < -0.3 is 10.8 Å². The minimum absolute atomic E-state index is 0.243. The van der Waals surface area contributed by atoms with Crippen molar-refractivity contribution >= 4 is 17.3 Å². The van der Waals surface area contributed by atoms with E-state index in [2.05, 4.69) is 11.8 Å². The summed E-state index contributed by atoms with van der Waals surface area (Å²) in [5.74, 6) is 0.384. The van der Waals surface area contributed by atoms with Gasteiger partial charge in [-0.2, -0.15) is 0 Å². The summed E-state index contributed by atoms with van der Waals surface area (Å²) in [5, 5.41) is 10.6. The van der Waals surface area contributed by atoms with E-state index in [0.29, 0.717) is 17.5 Å². The number of anilines is 1. The predicted octanol–water partition coefficient (Wildman–Crippen LogP) is 2.12. The van der Waals surface area contributed by atoms with Crippen molar-refractivity contribution in [3.63, 3.8) is 0 Å². The van der Waals surface area contributed by atoms with E-state index in [1.54, 1.807) is 0 Å². The first-order chi connectivity index (χ1) is 8.08. The van der Waals surface area contributed by atoms with Crippen LogP contribution in [-0.4, -0.2) is 29.2 Å². The lowest BCUT2D eigenvalue weighted by molar-refractivity contribution is 0.0260. The first-order valence-electron chi connectivity index (χ1n) is 6.01. The van der Waals surface area contributed by atoms with E-state index in [1.807, 2.05) is 18.2 Å². The summed E-state index contributed by atoms with van der Waals surface area (Å²) in [5.41, 5.74) is 7.62. The molecule has 1 saturated heterocycles. The summed E-state index contributed by atoms with van der Waals surface area (Å²) in [4.78, 5) is 2.21. The molecule has 0 amide bonds. The molecule has 94 valence electrons. The Balaban J connectivity index is 2.06. The molecule has 0 aromatic heterocycles. The average Bonchev–Trinajstić information content (AvgIpc) is 2.28. The number of nitrogens with zero attached hydrogens (tertiary/aromatic N) is 1. The zero-order valence-electron chi connectivity index (χ0n) is 10.1. The molecular formula is C13H19ClN2O. The molecule has 2 unspecified atom stereocenters. The number of aliphatic hydroxyl groups excluding tert-OH is 1. The Hall–Kier alpha value is -0.770. The molecule has 17 heavy (non-hydrogen) atoms. The molecule has 2 atom stereocenters. The molecule has 0 aliphatic carbocycles. The maximum absolute atomic E-state index is 9.86. The minimum atomic E-state index is -0.243. The van der Waals surface area contributed by atoms with Crippen molar-refractivity contribution in [1.82, 2.24) is 4.90 Å². The average molecular weight is 255 g/mol. The first kappa shape index (κ1) is 12.7.